The van der Waals surface area contributed by atoms with Crippen LogP contribution in [0.2, 0.25) is 0 Å². The van der Waals surface area contributed by atoms with E-state index in [2.05, 4.69) is 10.1 Å². The van der Waals surface area contributed by atoms with Crippen molar-refractivity contribution in [2.24, 2.45) is 0 Å². The van der Waals surface area contributed by atoms with Crippen molar-refractivity contribution in [1.82, 2.24) is 10.1 Å². The number of nitrogens with zero attached hydrogens (tertiary/aromatic N) is 3. The Bertz CT molecular complexity index is 987. The number of benzene rings is 1. The fourth-order valence-electron chi connectivity index (χ4n) is 2.72. The lowest BCUT2D eigenvalue weighted by Gasteiger charge is -2.24. The molecule has 0 bridgehead atoms. The topological polar surface area (TPSA) is 94.8 Å². The van der Waals surface area contributed by atoms with Gasteiger partial charge in [-0.25, -0.2) is 9.59 Å². The first kappa shape index (κ1) is 19.1. The molecule has 0 fully saturated rings. The zero-order valence-electron chi connectivity index (χ0n) is 15.7. The molecule has 1 aromatic carbocycles. The summed E-state index contributed by atoms with van der Waals surface area (Å²) in [6, 6.07) is 7.19. The van der Waals surface area contributed by atoms with Gasteiger partial charge in [-0.3, -0.25) is 0 Å². The molecule has 0 saturated carbocycles. The minimum Gasteiger partial charge on any atom is -0.465 e. The number of allylic oxidation sites excluding steroid dienone is 2. The highest BCUT2D eigenvalue weighted by atomic mass is 16.5. The highest BCUT2D eigenvalue weighted by Gasteiger charge is 2.29. The van der Waals surface area contributed by atoms with Crippen LogP contribution < -0.4 is 4.90 Å². The van der Waals surface area contributed by atoms with Crippen LogP contribution in [0.25, 0.3) is 11.5 Å². The van der Waals surface area contributed by atoms with Crippen molar-refractivity contribution in [2.45, 2.75) is 13.3 Å². The van der Waals surface area contributed by atoms with Gasteiger partial charge < -0.3 is 18.9 Å². The van der Waals surface area contributed by atoms with Crippen molar-refractivity contribution in [3.8, 4) is 11.5 Å². The van der Waals surface area contributed by atoms with Gasteiger partial charge in [-0.15, -0.1) is 0 Å². The third kappa shape index (κ3) is 3.57. The Morgan fingerprint density at radius 2 is 1.86 bits per heavy atom. The zero-order valence-corrected chi connectivity index (χ0v) is 15.7. The lowest BCUT2D eigenvalue weighted by atomic mass is 10.1. The van der Waals surface area contributed by atoms with Crippen LogP contribution in [0.15, 0.2) is 64.5 Å². The molecule has 0 unspecified atom stereocenters. The number of hydrogen-bond donors (Lipinski definition) is 0. The van der Waals surface area contributed by atoms with Crippen molar-refractivity contribution < 1.29 is 23.6 Å². The minimum absolute atomic E-state index is 0.0158. The standard InChI is InChI=1S/C20H19N3O5/c1-4-16-21-18(28-22-16)13-9-5-6-11-15(13)23-12-8-7-10-14(19(24)26-2)17(23)20(25)27-3/h5-12H,4H2,1-3H3. The Kier molecular flexibility index (Phi) is 5.69. The Balaban J connectivity index is 2.21. The number of methoxy groups -OCH3 is 2. The number of carbonyl (C=O) groups is 2. The maximum atomic E-state index is 12.6. The molecule has 0 aliphatic carbocycles. The molecule has 0 N–H and O–H groups in total. The monoisotopic (exact) mass is 381 g/mol. The highest BCUT2D eigenvalue weighted by Crippen LogP contribution is 2.34. The first-order valence-electron chi connectivity index (χ1n) is 8.57. The van der Waals surface area contributed by atoms with Gasteiger partial charge >= 0.3 is 11.9 Å². The van der Waals surface area contributed by atoms with Crippen LogP contribution in [0.3, 0.4) is 0 Å². The van der Waals surface area contributed by atoms with Gasteiger partial charge in [-0.1, -0.05) is 30.3 Å². The number of carbonyl (C=O) groups excluding carboxylic acids is 2. The molecule has 0 atom stereocenters. The first-order valence-corrected chi connectivity index (χ1v) is 8.57. The van der Waals surface area contributed by atoms with Crippen LogP contribution in [0.4, 0.5) is 5.69 Å². The molecule has 2 heterocycles. The molecule has 3 rings (SSSR count). The number of aryl methyl sites for hydroxylation is 1. The molecule has 2 aromatic rings. The number of hydrogen-bond acceptors (Lipinski definition) is 8. The van der Waals surface area contributed by atoms with E-state index in [-0.39, 0.29) is 11.3 Å². The van der Waals surface area contributed by atoms with Crippen LogP contribution >= 0.6 is 0 Å². The van der Waals surface area contributed by atoms with Crippen LogP contribution in [0.1, 0.15) is 12.7 Å². The van der Waals surface area contributed by atoms with Crippen molar-refractivity contribution in [2.75, 3.05) is 19.1 Å². The molecule has 0 amide bonds. The second-order valence-electron chi connectivity index (χ2n) is 5.70. The predicted molar refractivity (Wildman–Crippen MR) is 101 cm³/mol. The number of aromatic nitrogens is 2. The van der Waals surface area contributed by atoms with Crippen LogP contribution in [0.5, 0.6) is 0 Å². The summed E-state index contributed by atoms with van der Waals surface area (Å²) in [5.41, 5.74) is 1.25. The fourth-order valence-corrected chi connectivity index (χ4v) is 2.72. The van der Waals surface area contributed by atoms with Gasteiger partial charge in [0.1, 0.15) is 5.70 Å². The highest BCUT2D eigenvalue weighted by molar-refractivity contribution is 6.06. The molecular weight excluding hydrogens is 362 g/mol. The second kappa shape index (κ2) is 8.34. The first-order chi connectivity index (χ1) is 13.6. The smallest absolute Gasteiger partial charge is 0.355 e. The van der Waals surface area contributed by atoms with E-state index in [0.717, 1.165) is 0 Å². The summed E-state index contributed by atoms with van der Waals surface area (Å²) < 4.78 is 15.1. The molecule has 0 spiro atoms. The van der Waals surface area contributed by atoms with E-state index in [9.17, 15) is 9.59 Å². The van der Waals surface area contributed by atoms with Crippen molar-refractivity contribution in [1.29, 1.82) is 0 Å². The van der Waals surface area contributed by atoms with E-state index >= 15 is 0 Å². The third-order valence-electron chi connectivity index (χ3n) is 4.07. The number of esters is 2. The Labute approximate surface area is 161 Å². The number of para-hydroxylation sites is 1. The zero-order chi connectivity index (χ0) is 20.1. The minimum atomic E-state index is -0.689. The van der Waals surface area contributed by atoms with Crippen LogP contribution in [0, 0.1) is 0 Å². The van der Waals surface area contributed by atoms with Gasteiger partial charge in [0.2, 0.25) is 0 Å². The second-order valence-corrected chi connectivity index (χ2v) is 5.70. The van der Waals surface area contributed by atoms with Crippen molar-refractivity contribution >= 4 is 17.6 Å². The largest absolute Gasteiger partial charge is 0.465 e. The lowest BCUT2D eigenvalue weighted by molar-refractivity contribution is -0.139. The van der Waals surface area contributed by atoms with Gasteiger partial charge in [-0.05, 0) is 24.3 Å². The molecule has 8 nitrogen and oxygen atoms in total. The van der Waals surface area contributed by atoms with Gasteiger partial charge in [0.15, 0.2) is 5.82 Å². The molecule has 28 heavy (non-hydrogen) atoms. The van der Waals surface area contributed by atoms with Gasteiger partial charge in [-0.2, -0.15) is 4.98 Å². The summed E-state index contributed by atoms with van der Waals surface area (Å²) in [7, 11) is 2.50. The van der Waals surface area contributed by atoms with Crippen molar-refractivity contribution in [3.05, 3.63) is 65.8 Å². The lowest BCUT2D eigenvalue weighted by Crippen LogP contribution is -2.27. The Morgan fingerprint density at radius 3 is 2.54 bits per heavy atom. The molecule has 0 saturated heterocycles. The number of ether oxygens (including phenoxy) is 2. The van der Waals surface area contributed by atoms with E-state index in [1.54, 1.807) is 41.5 Å². The van der Waals surface area contributed by atoms with E-state index in [4.69, 9.17) is 14.0 Å². The Morgan fingerprint density at radius 1 is 1.11 bits per heavy atom. The average molecular weight is 381 g/mol. The number of rotatable bonds is 5. The summed E-state index contributed by atoms with van der Waals surface area (Å²) in [5, 5.41) is 3.93. The quantitative estimate of drug-likeness (QED) is 0.730. The summed E-state index contributed by atoms with van der Waals surface area (Å²) >= 11 is 0. The molecule has 1 aliphatic rings. The summed E-state index contributed by atoms with van der Waals surface area (Å²) in [6.45, 7) is 1.92. The normalized spacial score (nSPS) is 13.5. The molecule has 1 aliphatic heterocycles. The van der Waals surface area contributed by atoms with E-state index in [1.807, 2.05) is 13.0 Å². The van der Waals surface area contributed by atoms with Crippen LogP contribution in [-0.2, 0) is 25.5 Å². The molecule has 8 heteroatoms. The molecule has 144 valence electrons. The van der Waals surface area contributed by atoms with E-state index in [0.29, 0.717) is 29.4 Å². The molecular formula is C20H19N3O5. The number of anilines is 1. The Hall–Kier alpha value is -3.68. The van der Waals surface area contributed by atoms with Crippen molar-refractivity contribution in [3.63, 3.8) is 0 Å². The maximum absolute atomic E-state index is 12.6. The van der Waals surface area contributed by atoms with E-state index in [1.165, 1.54) is 20.3 Å². The summed E-state index contributed by atoms with van der Waals surface area (Å²) in [6.07, 6.45) is 7.10. The third-order valence-corrected chi connectivity index (χ3v) is 4.07. The van der Waals surface area contributed by atoms with Gasteiger partial charge in [0, 0.05) is 12.6 Å². The SMILES string of the molecule is CCc1noc(-c2ccccc2N2C=CC=CC(C(=O)OC)=C2C(=O)OC)n1. The van der Waals surface area contributed by atoms with Gasteiger partial charge in [0.25, 0.3) is 5.89 Å². The predicted octanol–water partition coefficient (Wildman–Crippen LogP) is 2.79. The van der Waals surface area contributed by atoms with E-state index < -0.39 is 11.9 Å². The summed E-state index contributed by atoms with van der Waals surface area (Å²) in [4.78, 5) is 30.8. The maximum Gasteiger partial charge on any atom is 0.355 e. The molecule has 0 radical (unpaired) electrons. The van der Waals surface area contributed by atoms with Crippen LogP contribution in [-0.4, -0.2) is 36.3 Å². The molecule has 1 aromatic heterocycles. The van der Waals surface area contributed by atoms with Gasteiger partial charge in [0.05, 0.1) is 31.0 Å². The fraction of sp³-hybridized carbons (Fsp3) is 0.200. The summed E-state index contributed by atoms with van der Waals surface area (Å²) in [5.74, 6) is -0.473. The average Bonchev–Trinajstić information content (AvgIpc) is 3.11.